The van der Waals surface area contributed by atoms with Crippen LogP contribution < -0.4 is 16.2 Å². The molecule has 0 spiro atoms. The summed E-state index contributed by atoms with van der Waals surface area (Å²) in [6, 6.07) is 11.4. The normalized spacial score (nSPS) is 17.6. The number of amides is 1. The Labute approximate surface area is 172 Å². The number of carbonyl (C=O) groups excluding carboxylic acids is 1. The highest BCUT2D eigenvalue weighted by Crippen LogP contribution is 2.12. The van der Waals surface area contributed by atoms with Crippen molar-refractivity contribution in [2.75, 3.05) is 13.2 Å². The van der Waals surface area contributed by atoms with Crippen LogP contribution in [-0.4, -0.2) is 34.7 Å². The molecule has 0 bridgehead atoms. The van der Waals surface area contributed by atoms with E-state index in [4.69, 9.17) is 15.5 Å². The van der Waals surface area contributed by atoms with Crippen LogP contribution in [0.25, 0.3) is 10.9 Å². The first kappa shape index (κ1) is 19.8. The Morgan fingerprint density at radius 1 is 1.28 bits per heavy atom. The van der Waals surface area contributed by atoms with Crippen LogP contribution in [0.5, 0.6) is 0 Å². The van der Waals surface area contributed by atoms with Gasteiger partial charge in [0, 0.05) is 6.61 Å². The molecule has 3 aromatic rings. The molecule has 0 aliphatic carbocycles. The van der Waals surface area contributed by atoms with Gasteiger partial charge in [0.1, 0.15) is 32.3 Å². The smallest absolute Gasteiger partial charge is 0.262 e. The van der Waals surface area contributed by atoms with E-state index in [1.54, 1.807) is 23.5 Å². The van der Waals surface area contributed by atoms with Gasteiger partial charge in [-0.3, -0.25) is 14.2 Å². The number of thiophene rings is 1. The Balaban J connectivity index is 1.69. The van der Waals surface area contributed by atoms with E-state index in [1.165, 1.54) is 14.3 Å². The van der Waals surface area contributed by atoms with Gasteiger partial charge in [0.05, 0.1) is 15.8 Å². The maximum absolute atomic E-state index is 13.0. The van der Waals surface area contributed by atoms with Gasteiger partial charge in [-0.25, -0.2) is 4.98 Å². The third kappa shape index (κ3) is 4.72. The van der Waals surface area contributed by atoms with Crippen molar-refractivity contribution in [2.24, 2.45) is 5.73 Å². The van der Waals surface area contributed by atoms with Crippen molar-refractivity contribution in [1.29, 1.82) is 0 Å². The van der Waals surface area contributed by atoms with Gasteiger partial charge in [-0.05, 0) is 36.4 Å². The minimum atomic E-state index is -0.552. The van der Waals surface area contributed by atoms with Gasteiger partial charge >= 0.3 is 0 Å². The second-order valence-electron chi connectivity index (χ2n) is 7.42. The molecule has 1 saturated heterocycles. The monoisotopic (exact) mass is 413 g/mol. The average molecular weight is 414 g/mol. The fraction of sp³-hybridized carbons (Fsp3) is 0.381. The highest BCUT2D eigenvalue weighted by Gasteiger charge is 2.25. The summed E-state index contributed by atoms with van der Waals surface area (Å²) in [5.41, 5.74) is 5.84. The molecule has 1 fully saturated rings. The third-order valence-corrected chi connectivity index (χ3v) is 6.08. The number of primary amides is 1. The van der Waals surface area contributed by atoms with Crippen molar-refractivity contribution in [3.63, 3.8) is 0 Å². The van der Waals surface area contributed by atoms with E-state index >= 15 is 0 Å². The van der Waals surface area contributed by atoms with E-state index in [-0.39, 0.29) is 18.2 Å². The summed E-state index contributed by atoms with van der Waals surface area (Å²) in [6.45, 7) is 2.80. The Kier molecular flexibility index (Phi) is 6.03. The van der Waals surface area contributed by atoms with Crippen LogP contribution in [0, 0.1) is 0 Å². The van der Waals surface area contributed by atoms with Crippen LogP contribution in [0.3, 0.4) is 0 Å². The van der Waals surface area contributed by atoms with Crippen molar-refractivity contribution in [2.45, 2.75) is 38.6 Å². The second kappa shape index (κ2) is 8.86. The molecule has 3 N–H and O–H groups in total. The lowest BCUT2D eigenvalue weighted by Crippen LogP contribution is -3.10. The van der Waals surface area contributed by atoms with Gasteiger partial charge < -0.3 is 15.4 Å². The molecule has 1 aromatic carbocycles. The number of benzene rings is 1. The van der Waals surface area contributed by atoms with E-state index in [0.717, 1.165) is 32.5 Å². The Morgan fingerprint density at radius 3 is 2.86 bits per heavy atom. The minimum Gasteiger partial charge on any atom is -0.372 e. The highest BCUT2D eigenvalue weighted by molar-refractivity contribution is 7.09. The molecular formula is C21H25N4O3S+. The van der Waals surface area contributed by atoms with Crippen LogP contribution in [0.1, 0.15) is 23.5 Å². The Bertz CT molecular complexity index is 1040. The number of rotatable bonds is 8. The summed E-state index contributed by atoms with van der Waals surface area (Å²) < 4.78 is 7.27. The number of ether oxygens (including phenoxy) is 1. The van der Waals surface area contributed by atoms with Crippen LogP contribution in [0.4, 0.5) is 0 Å². The molecule has 8 heteroatoms. The maximum atomic E-state index is 13.0. The number of nitrogens with one attached hydrogen (secondary N) is 1. The number of nitrogens with zero attached hydrogens (tertiary/aromatic N) is 2. The zero-order valence-corrected chi connectivity index (χ0v) is 17.0. The fourth-order valence-electron chi connectivity index (χ4n) is 3.89. The lowest BCUT2D eigenvalue weighted by Gasteiger charge is -2.23. The van der Waals surface area contributed by atoms with Gasteiger partial charge in [-0.1, -0.05) is 18.2 Å². The average Bonchev–Trinajstić information content (AvgIpc) is 3.39. The largest absolute Gasteiger partial charge is 0.372 e. The minimum absolute atomic E-state index is 0.168. The summed E-state index contributed by atoms with van der Waals surface area (Å²) in [5, 5.41) is 2.56. The standard InChI is InChI=1S/C21H24N4O3S/c22-19(26)13-25-20(23-18-8-2-1-7-17(18)21(25)27)14-24(11-15-5-3-9-28-15)12-16-6-4-10-29-16/h1-2,4,6-8,10,15H,3,5,9,11-14H2,(H2,22,26)/p+1/t15-/m1/s1. The molecule has 29 heavy (non-hydrogen) atoms. The van der Waals surface area contributed by atoms with E-state index in [1.807, 2.05) is 18.2 Å². The number of nitrogens with two attached hydrogens (primary N) is 1. The van der Waals surface area contributed by atoms with Gasteiger partial charge in [0.2, 0.25) is 5.91 Å². The SMILES string of the molecule is NC(=O)Cn1c(C[NH+](Cc2cccs2)C[C@H]2CCCO2)nc2ccccc2c1=O. The molecule has 1 aliphatic rings. The number of para-hydroxylation sites is 1. The zero-order valence-electron chi connectivity index (χ0n) is 16.2. The number of hydrogen-bond acceptors (Lipinski definition) is 5. The second-order valence-corrected chi connectivity index (χ2v) is 8.46. The number of aromatic nitrogens is 2. The van der Waals surface area contributed by atoms with Gasteiger partial charge in [0.15, 0.2) is 5.82 Å². The van der Waals surface area contributed by atoms with Gasteiger partial charge in [0.25, 0.3) is 5.56 Å². The maximum Gasteiger partial charge on any atom is 0.262 e. The Hall–Kier alpha value is -2.55. The van der Waals surface area contributed by atoms with Crippen molar-refractivity contribution in [1.82, 2.24) is 9.55 Å². The molecule has 0 radical (unpaired) electrons. The number of fused-ring (bicyclic) bond motifs is 1. The molecule has 2 atom stereocenters. The van der Waals surface area contributed by atoms with Crippen molar-refractivity contribution >= 4 is 28.1 Å². The molecule has 1 amide bonds. The topological polar surface area (TPSA) is 91.7 Å². The zero-order chi connectivity index (χ0) is 20.2. The molecule has 7 nitrogen and oxygen atoms in total. The lowest BCUT2D eigenvalue weighted by atomic mass is 10.2. The molecule has 152 valence electrons. The van der Waals surface area contributed by atoms with E-state index < -0.39 is 5.91 Å². The molecule has 1 aliphatic heterocycles. The van der Waals surface area contributed by atoms with Crippen molar-refractivity contribution in [3.05, 3.63) is 62.8 Å². The first-order valence-electron chi connectivity index (χ1n) is 9.84. The molecule has 4 rings (SSSR count). The number of hydrogen-bond donors (Lipinski definition) is 2. The van der Waals surface area contributed by atoms with Crippen LogP contribution in [0.15, 0.2) is 46.6 Å². The fourth-order valence-corrected chi connectivity index (χ4v) is 4.66. The molecule has 3 heterocycles. The lowest BCUT2D eigenvalue weighted by molar-refractivity contribution is -0.930. The van der Waals surface area contributed by atoms with Crippen LogP contribution in [-0.2, 0) is 29.2 Å². The first-order valence-corrected chi connectivity index (χ1v) is 10.7. The summed E-state index contributed by atoms with van der Waals surface area (Å²) >= 11 is 1.72. The third-order valence-electron chi connectivity index (χ3n) is 5.21. The highest BCUT2D eigenvalue weighted by atomic mass is 32.1. The molecule has 1 unspecified atom stereocenters. The number of quaternary nitrogens is 1. The molecule has 0 saturated carbocycles. The van der Waals surface area contributed by atoms with E-state index in [0.29, 0.717) is 23.3 Å². The summed E-state index contributed by atoms with van der Waals surface area (Å²) in [5.74, 6) is 0.0291. The predicted octanol–water partition coefficient (Wildman–Crippen LogP) is 0.707. The molecule has 2 aromatic heterocycles. The van der Waals surface area contributed by atoms with Crippen molar-refractivity contribution in [3.8, 4) is 0 Å². The van der Waals surface area contributed by atoms with Gasteiger partial charge in [-0.15, -0.1) is 11.3 Å². The summed E-state index contributed by atoms with van der Waals surface area (Å²) in [4.78, 5) is 31.9. The van der Waals surface area contributed by atoms with E-state index in [2.05, 4.69) is 11.4 Å². The van der Waals surface area contributed by atoms with Crippen LogP contribution in [0.2, 0.25) is 0 Å². The summed E-state index contributed by atoms with van der Waals surface area (Å²) in [7, 11) is 0. The van der Waals surface area contributed by atoms with Crippen LogP contribution >= 0.6 is 11.3 Å². The van der Waals surface area contributed by atoms with Gasteiger partial charge in [-0.2, -0.15) is 0 Å². The first-order chi connectivity index (χ1) is 14.1. The Morgan fingerprint density at radius 2 is 2.14 bits per heavy atom. The predicted molar refractivity (Wildman–Crippen MR) is 112 cm³/mol. The summed E-state index contributed by atoms with van der Waals surface area (Å²) in [6.07, 6.45) is 2.34. The van der Waals surface area contributed by atoms with E-state index in [9.17, 15) is 9.59 Å². The van der Waals surface area contributed by atoms with Crippen molar-refractivity contribution < 1.29 is 14.4 Å². The number of carbonyl (C=O) groups is 1. The molecular weight excluding hydrogens is 388 g/mol. The quantitative estimate of drug-likeness (QED) is 0.569.